The van der Waals surface area contributed by atoms with E-state index in [4.69, 9.17) is 19.6 Å². The first kappa shape index (κ1) is 14.3. The van der Waals surface area contributed by atoms with Gasteiger partial charge >= 0.3 is 0 Å². The van der Waals surface area contributed by atoms with E-state index < -0.39 is 0 Å². The van der Waals surface area contributed by atoms with Gasteiger partial charge in [0.05, 0.1) is 26.9 Å². The summed E-state index contributed by atoms with van der Waals surface area (Å²) in [5.41, 5.74) is 2.57. The first-order valence-electron chi connectivity index (χ1n) is 7.60. The molecular weight excluding hydrogens is 268 g/mol. The number of nitrogens with zero attached hydrogens (tertiary/aromatic N) is 2. The van der Waals surface area contributed by atoms with Gasteiger partial charge in [0, 0.05) is 17.6 Å². The normalized spacial score (nSPS) is 28.0. The van der Waals surface area contributed by atoms with Crippen LogP contribution in [0, 0.1) is 23.2 Å². The lowest BCUT2D eigenvalue weighted by molar-refractivity contribution is -0.142. The quantitative estimate of drug-likeness (QED) is 0.797. The van der Waals surface area contributed by atoms with Crippen LogP contribution in [0.5, 0.6) is 0 Å². The number of rotatable bonds is 4. The number of allylic oxidation sites excluding steroid dienone is 2. The summed E-state index contributed by atoms with van der Waals surface area (Å²) in [6.07, 6.45) is 4.77. The fourth-order valence-electron chi connectivity index (χ4n) is 3.86. The molecule has 2 heterocycles. The predicted molar refractivity (Wildman–Crippen MR) is 76.4 cm³/mol. The van der Waals surface area contributed by atoms with Gasteiger partial charge in [-0.2, -0.15) is 5.26 Å². The smallest absolute Gasteiger partial charge is 0.217 e. The molecular formula is C16H22N2O3. The highest BCUT2D eigenvalue weighted by molar-refractivity contribution is 5.43. The van der Waals surface area contributed by atoms with Crippen molar-refractivity contribution in [2.75, 3.05) is 27.4 Å². The van der Waals surface area contributed by atoms with E-state index in [-0.39, 0.29) is 0 Å². The highest BCUT2D eigenvalue weighted by atomic mass is 16.7. The molecule has 1 aliphatic carbocycles. The summed E-state index contributed by atoms with van der Waals surface area (Å²) >= 11 is 0. The molecule has 5 nitrogen and oxygen atoms in total. The van der Waals surface area contributed by atoms with Crippen LogP contribution in [0.4, 0.5) is 0 Å². The van der Waals surface area contributed by atoms with Gasteiger partial charge in [-0.3, -0.25) is 4.84 Å². The minimum absolute atomic E-state index is 0.547. The van der Waals surface area contributed by atoms with Crippen molar-refractivity contribution < 1.29 is 14.3 Å². The lowest BCUT2D eigenvalue weighted by Gasteiger charge is -2.43. The largest absolute Gasteiger partial charge is 0.496 e. The number of methoxy groups -OCH3 is 1. The Morgan fingerprint density at radius 3 is 3.00 bits per heavy atom. The number of hydrogen-bond donors (Lipinski definition) is 0. The summed E-state index contributed by atoms with van der Waals surface area (Å²) in [6.45, 7) is 1.40. The van der Waals surface area contributed by atoms with Gasteiger partial charge in [0.15, 0.2) is 0 Å². The second-order valence-corrected chi connectivity index (χ2v) is 5.88. The van der Waals surface area contributed by atoms with Gasteiger partial charge < -0.3 is 9.47 Å². The number of nitriles is 1. The van der Waals surface area contributed by atoms with Gasteiger partial charge in [-0.05, 0) is 37.5 Å². The highest BCUT2D eigenvalue weighted by Gasteiger charge is 2.40. The Hall–Kier alpha value is -1.67. The first-order chi connectivity index (χ1) is 10.3. The van der Waals surface area contributed by atoms with E-state index in [1.54, 1.807) is 19.3 Å². The van der Waals surface area contributed by atoms with Crippen molar-refractivity contribution in [1.29, 1.82) is 5.26 Å². The molecule has 1 fully saturated rings. The van der Waals surface area contributed by atoms with Crippen molar-refractivity contribution in [2.45, 2.75) is 32.1 Å². The van der Waals surface area contributed by atoms with E-state index in [0.29, 0.717) is 24.8 Å². The maximum atomic E-state index is 8.84. The average molecular weight is 290 g/mol. The minimum Gasteiger partial charge on any atom is -0.496 e. The van der Waals surface area contributed by atoms with Gasteiger partial charge in [0.1, 0.15) is 12.3 Å². The number of hydroxylamine groups is 2. The third-order valence-electron chi connectivity index (χ3n) is 4.74. The molecule has 21 heavy (non-hydrogen) atoms. The SMILES string of the molecule is COC1=C2CC(CCC#N)CC3CCOC(=C23)CN1OC. The minimum atomic E-state index is 0.547. The fourth-order valence-corrected chi connectivity index (χ4v) is 3.86. The Labute approximate surface area is 125 Å². The summed E-state index contributed by atoms with van der Waals surface area (Å²) in [6, 6.07) is 2.27. The molecule has 2 unspecified atom stereocenters. The first-order valence-corrected chi connectivity index (χ1v) is 7.60. The molecule has 0 radical (unpaired) electrons. The monoisotopic (exact) mass is 290 g/mol. The third kappa shape index (κ3) is 2.49. The molecule has 0 aromatic carbocycles. The molecule has 1 saturated carbocycles. The molecule has 0 aromatic heterocycles. The zero-order valence-electron chi connectivity index (χ0n) is 12.7. The third-order valence-corrected chi connectivity index (χ3v) is 4.74. The van der Waals surface area contributed by atoms with Crippen LogP contribution in [0.3, 0.4) is 0 Å². The van der Waals surface area contributed by atoms with Crippen molar-refractivity contribution in [3.8, 4) is 6.07 Å². The van der Waals surface area contributed by atoms with E-state index >= 15 is 0 Å². The van der Waals surface area contributed by atoms with E-state index in [9.17, 15) is 0 Å². The molecule has 3 rings (SSSR count). The highest BCUT2D eigenvalue weighted by Crippen LogP contribution is 2.48. The van der Waals surface area contributed by atoms with Crippen molar-refractivity contribution in [1.82, 2.24) is 5.06 Å². The van der Waals surface area contributed by atoms with E-state index in [2.05, 4.69) is 6.07 Å². The molecule has 2 aliphatic heterocycles. The number of hydrogen-bond acceptors (Lipinski definition) is 5. The zero-order valence-corrected chi connectivity index (χ0v) is 12.7. The lowest BCUT2D eigenvalue weighted by atomic mass is 9.70. The van der Waals surface area contributed by atoms with Crippen molar-refractivity contribution in [3.63, 3.8) is 0 Å². The second-order valence-electron chi connectivity index (χ2n) is 5.88. The topological polar surface area (TPSA) is 54.7 Å². The van der Waals surface area contributed by atoms with Gasteiger partial charge in [-0.1, -0.05) is 0 Å². The summed E-state index contributed by atoms with van der Waals surface area (Å²) in [7, 11) is 3.35. The second kappa shape index (κ2) is 5.98. The standard InChI is InChI=1S/C16H22N2O3/c1-19-16-13-9-11(4-3-6-17)8-12-5-7-21-14(15(12)13)10-18(16)20-2/h11-12H,3-5,7-10H2,1-2H3. The summed E-state index contributed by atoms with van der Waals surface area (Å²) < 4.78 is 11.5. The molecule has 0 saturated heterocycles. The van der Waals surface area contributed by atoms with Gasteiger partial charge in [-0.15, -0.1) is 0 Å². The average Bonchev–Trinajstić information content (AvgIpc) is 2.52. The summed E-state index contributed by atoms with van der Waals surface area (Å²) in [4.78, 5) is 5.44. The fraction of sp³-hybridized carbons (Fsp3) is 0.688. The Balaban J connectivity index is 1.95. The number of ether oxygens (including phenoxy) is 2. The van der Waals surface area contributed by atoms with Gasteiger partial charge in [0.25, 0.3) is 0 Å². The van der Waals surface area contributed by atoms with Crippen LogP contribution in [-0.2, 0) is 14.3 Å². The van der Waals surface area contributed by atoms with Crippen LogP contribution in [0.15, 0.2) is 22.8 Å². The molecule has 2 atom stereocenters. The Bertz CT molecular complexity index is 518. The molecule has 114 valence electrons. The van der Waals surface area contributed by atoms with Crippen molar-refractivity contribution in [2.24, 2.45) is 11.8 Å². The van der Waals surface area contributed by atoms with Crippen LogP contribution in [0.1, 0.15) is 32.1 Å². The Kier molecular flexibility index (Phi) is 4.07. The molecule has 0 N–H and O–H groups in total. The summed E-state index contributed by atoms with van der Waals surface area (Å²) in [5, 5.41) is 10.6. The van der Waals surface area contributed by atoms with Gasteiger partial charge in [0.2, 0.25) is 5.88 Å². The lowest BCUT2D eigenvalue weighted by Crippen LogP contribution is -2.38. The van der Waals surface area contributed by atoms with Crippen LogP contribution in [0.2, 0.25) is 0 Å². The molecule has 0 bridgehead atoms. The van der Waals surface area contributed by atoms with Crippen molar-refractivity contribution >= 4 is 0 Å². The molecule has 5 heteroatoms. The maximum Gasteiger partial charge on any atom is 0.217 e. The Morgan fingerprint density at radius 1 is 1.43 bits per heavy atom. The maximum absolute atomic E-state index is 8.84. The molecule has 0 amide bonds. The van der Waals surface area contributed by atoms with E-state index in [0.717, 1.165) is 43.9 Å². The molecule has 3 aliphatic rings. The predicted octanol–water partition coefficient (Wildman–Crippen LogP) is 2.73. The Morgan fingerprint density at radius 2 is 2.29 bits per heavy atom. The van der Waals surface area contributed by atoms with Crippen LogP contribution >= 0.6 is 0 Å². The van der Waals surface area contributed by atoms with Crippen LogP contribution in [-0.4, -0.2) is 32.4 Å². The zero-order chi connectivity index (χ0) is 14.8. The molecule has 0 aromatic rings. The van der Waals surface area contributed by atoms with E-state index in [1.807, 2.05) is 0 Å². The van der Waals surface area contributed by atoms with Crippen LogP contribution < -0.4 is 0 Å². The van der Waals surface area contributed by atoms with Crippen molar-refractivity contribution in [3.05, 3.63) is 22.8 Å². The van der Waals surface area contributed by atoms with Gasteiger partial charge in [-0.25, -0.2) is 5.06 Å². The van der Waals surface area contributed by atoms with Crippen LogP contribution in [0.25, 0.3) is 0 Å². The molecule has 0 spiro atoms. The van der Waals surface area contributed by atoms with E-state index in [1.165, 1.54) is 11.1 Å². The summed E-state index contributed by atoms with van der Waals surface area (Å²) in [5.74, 6) is 2.95.